The van der Waals surface area contributed by atoms with Crippen molar-refractivity contribution in [1.82, 2.24) is 4.98 Å². The van der Waals surface area contributed by atoms with Gasteiger partial charge in [-0.1, -0.05) is 11.6 Å². The van der Waals surface area contributed by atoms with Gasteiger partial charge in [0, 0.05) is 11.1 Å². The average Bonchev–Trinajstić information content (AvgIpc) is 2.94. The predicted molar refractivity (Wildman–Crippen MR) is 96.3 cm³/mol. The fraction of sp³-hybridized carbons (Fsp3) is 0.0556. The standard InChI is InChI=1S/C18H14N4O5/c1-9-2-7-13-12(8-9)14(15(23)20-13)21-22-17(25)16(24)19-11-5-3-10(4-6-11)18(26)27/h2-8,20,23H,1H3,(H,19,24)(H,26,27). The van der Waals surface area contributed by atoms with Crippen molar-refractivity contribution < 1.29 is 24.6 Å². The zero-order chi connectivity index (χ0) is 19.6. The van der Waals surface area contributed by atoms with Gasteiger partial charge < -0.3 is 20.5 Å². The molecule has 2 amide bonds. The van der Waals surface area contributed by atoms with Crippen molar-refractivity contribution in [2.45, 2.75) is 6.92 Å². The molecule has 27 heavy (non-hydrogen) atoms. The number of nitrogens with zero attached hydrogens (tertiary/aromatic N) is 2. The van der Waals surface area contributed by atoms with Gasteiger partial charge in [-0.05, 0) is 43.3 Å². The number of carboxylic acid groups (broad SMARTS) is 1. The van der Waals surface area contributed by atoms with Gasteiger partial charge in [-0.2, -0.15) is 0 Å². The van der Waals surface area contributed by atoms with Crippen LogP contribution in [0, 0.1) is 6.92 Å². The number of aromatic nitrogens is 1. The highest BCUT2D eigenvalue weighted by molar-refractivity contribution is 6.40. The molecule has 0 unspecified atom stereocenters. The number of carboxylic acids is 1. The Bertz CT molecular complexity index is 1080. The van der Waals surface area contributed by atoms with E-state index in [4.69, 9.17) is 5.11 Å². The zero-order valence-electron chi connectivity index (χ0n) is 14.1. The van der Waals surface area contributed by atoms with Crippen LogP contribution in [0.25, 0.3) is 10.9 Å². The number of amides is 2. The molecule has 0 saturated heterocycles. The molecular formula is C18H14N4O5. The lowest BCUT2D eigenvalue weighted by Crippen LogP contribution is -2.20. The first-order chi connectivity index (χ1) is 12.8. The Labute approximate surface area is 152 Å². The fourth-order valence-corrected chi connectivity index (χ4v) is 2.40. The van der Waals surface area contributed by atoms with E-state index in [1.807, 2.05) is 13.0 Å². The number of benzene rings is 2. The maximum absolute atomic E-state index is 11.9. The predicted octanol–water partition coefficient (Wildman–Crippen LogP) is 3.13. The summed E-state index contributed by atoms with van der Waals surface area (Å²) < 4.78 is 0. The average molecular weight is 366 g/mol. The second kappa shape index (κ2) is 7.08. The van der Waals surface area contributed by atoms with Crippen molar-refractivity contribution in [2.75, 3.05) is 5.32 Å². The number of nitrogens with one attached hydrogen (secondary N) is 2. The van der Waals surface area contributed by atoms with Crippen molar-refractivity contribution in [3.05, 3.63) is 53.6 Å². The Morgan fingerprint density at radius 2 is 1.78 bits per heavy atom. The second-order valence-electron chi connectivity index (χ2n) is 5.71. The molecule has 0 saturated carbocycles. The Morgan fingerprint density at radius 3 is 2.44 bits per heavy atom. The number of rotatable bonds is 3. The Kier molecular flexibility index (Phi) is 4.67. The lowest BCUT2D eigenvalue weighted by molar-refractivity contribution is -0.134. The third-order valence-electron chi connectivity index (χ3n) is 3.73. The number of anilines is 1. The quantitative estimate of drug-likeness (QED) is 0.416. The van der Waals surface area contributed by atoms with E-state index in [0.29, 0.717) is 10.9 Å². The molecule has 1 aromatic heterocycles. The van der Waals surface area contributed by atoms with Gasteiger partial charge in [-0.3, -0.25) is 9.59 Å². The van der Waals surface area contributed by atoms with E-state index in [-0.39, 0.29) is 22.8 Å². The number of fused-ring (bicyclic) bond motifs is 1. The molecule has 9 heteroatoms. The summed E-state index contributed by atoms with van der Waals surface area (Å²) in [6, 6.07) is 10.6. The van der Waals surface area contributed by atoms with E-state index in [9.17, 15) is 19.5 Å². The number of hydrogen-bond acceptors (Lipinski definition) is 5. The molecule has 4 N–H and O–H groups in total. The summed E-state index contributed by atoms with van der Waals surface area (Å²) >= 11 is 0. The molecule has 0 radical (unpaired) electrons. The number of H-pyrrole nitrogens is 1. The number of carbonyl (C=O) groups excluding carboxylic acids is 2. The van der Waals surface area contributed by atoms with E-state index in [2.05, 4.69) is 20.5 Å². The minimum Gasteiger partial charge on any atom is -0.493 e. The highest BCUT2D eigenvalue weighted by Gasteiger charge is 2.16. The summed E-state index contributed by atoms with van der Waals surface area (Å²) in [5.74, 6) is -3.58. The molecule has 3 aromatic rings. The van der Waals surface area contributed by atoms with E-state index >= 15 is 0 Å². The Morgan fingerprint density at radius 1 is 1.07 bits per heavy atom. The largest absolute Gasteiger partial charge is 0.493 e. The van der Waals surface area contributed by atoms with Gasteiger partial charge in [0.2, 0.25) is 5.88 Å². The van der Waals surface area contributed by atoms with Crippen LogP contribution in [0.2, 0.25) is 0 Å². The number of aryl methyl sites for hydroxylation is 1. The van der Waals surface area contributed by atoms with Crippen LogP contribution >= 0.6 is 0 Å². The molecule has 9 nitrogen and oxygen atoms in total. The molecule has 0 fully saturated rings. The van der Waals surface area contributed by atoms with Gasteiger partial charge in [0.1, 0.15) is 0 Å². The van der Waals surface area contributed by atoms with Crippen LogP contribution in [0.1, 0.15) is 15.9 Å². The first-order valence-corrected chi connectivity index (χ1v) is 7.77. The third kappa shape index (κ3) is 3.82. The molecule has 1 heterocycles. The normalized spacial score (nSPS) is 11.0. The molecule has 0 spiro atoms. The fourth-order valence-electron chi connectivity index (χ4n) is 2.40. The van der Waals surface area contributed by atoms with E-state index in [1.54, 1.807) is 12.1 Å². The minimum atomic E-state index is -1.17. The molecule has 3 rings (SSSR count). The number of aromatic carboxylic acids is 1. The summed E-state index contributed by atoms with van der Waals surface area (Å²) in [7, 11) is 0. The van der Waals surface area contributed by atoms with Crippen LogP contribution in [0.3, 0.4) is 0 Å². The molecular weight excluding hydrogens is 352 g/mol. The second-order valence-corrected chi connectivity index (χ2v) is 5.71. The summed E-state index contributed by atoms with van der Waals surface area (Å²) in [6.45, 7) is 1.86. The molecule has 136 valence electrons. The van der Waals surface area contributed by atoms with E-state index in [0.717, 1.165) is 5.56 Å². The highest BCUT2D eigenvalue weighted by atomic mass is 16.4. The minimum absolute atomic E-state index is 0.0455. The monoisotopic (exact) mass is 366 g/mol. The number of azo groups is 1. The molecule has 0 atom stereocenters. The van der Waals surface area contributed by atoms with Gasteiger partial charge >= 0.3 is 17.8 Å². The molecule has 0 aliphatic heterocycles. The smallest absolute Gasteiger partial charge is 0.353 e. The summed E-state index contributed by atoms with van der Waals surface area (Å²) in [5, 5.41) is 28.6. The summed E-state index contributed by atoms with van der Waals surface area (Å²) in [6.07, 6.45) is 0. The Balaban J connectivity index is 1.75. The molecule has 0 aliphatic carbocycles. The highest BCUT2D eigenvalue weighted by Crippen LogP contribution is 2.35. The lowest BCUT2D eigenvalue weighted by atomic mass is 10.2. The van der Waals surface area contributed by atoms with Crippen molar-refractivity contribution in [3.63, 3.8) is 0 Å². The van der Waals surface area contributed by atoms with E-state index in [1.165, 1.54) is 24.3 Å². The van der Waals surface area contributed by atoms with Crippen LogP contribution in [-0.4, -0.2) is 33.0 Å². The van der Waals surface area contributed by atoms with Crippen LogP contribution in [0.4, 0.5) is 11.4 Å². The zero-order valence-corrected chi connectivity index (χ0v) is 14.1. The maximum atomic E-state index is 11.9. The van der Waals surface area contributed by atoms with Gasteiger partial charge in [0.05, 0.1) is 11.1 Å². The lowest BCUT2D eigenvalue weighted by Gasteiger charge is -2.02. The first kappa shape index (κ1) is 17.8. The van der Waals surface area contributed by atoms with Crippen LogP contribution in [0.5, 0.6) is 5.88 Å². The topological polar surface area (TPSA) is 144 Å². The maximum Gasteiger partial charge on any atom is 0.353 e. The van der Waals surface area contributed by atoms with Crippen LogP contribution in [0.15, 0.2) is 52.7 Å². The van der Waals surface area contributed by atoms with Crippen molar-refractivity contribution in [2.24, 2.45) is 10.2 Å². The Hall–Kier alpha value is -4.01. The van der Waals surface area contributed by atoms with Crippen molar-refractivity contribution in [3.8, 4) is 5.88 Å². The van der Waals surface area contributed by atoms with Crippen molar-refractivity contribution in [1.29, 1.82) is 0 Å². The summed E-state index contributed by atoms with van der Waals surface area (Å²) in [5.41, 5.74) is 1.87. The summed E-state index contributed by atoms with van der Waals surface area (Å²) in [4.78, 5) is 37.3. The van der Waals surface area contributed by atoms with Crippen LogP contribution < -0.4 is 5.32 Å². The number of aromatic amines is 1. The number of carbonyl (C=O) groups is 3. The van der Waals surface area contributed by atoms with Gasteiger partial charge in [-0.15, -0.1) is 10.2 Å². The molecule has 2 aromatic carbocycles. The first-order valence-electron chi connectivity index (χ1n) is 7.77. The molecule has 0 aliphatic rings. The van der Waals surface area contributed by atoms with E-state index < -0.39 is 17.8 Å². The number of hydrogen-bond donors (Lipinski definition) is 4. The van der Waals surface area contributed by atoms with Crippen molar-refractivity contribution >= 4 is 40.1 Å². The van der Waals surface area contributed by atoms with Gasteiger partial charge in [0.25, 0.3) is 0 Å². The van der Waals surface area contributed by atoms with Gasteiger partial charge in [0.15, 0.2) is 5.69 Å². The number of aromatic hydroxyl groups is 1. The third-order valence-corrected chi connectivity index (χ3v) is 3.73. The SMILES string of the molecule is Cc1ccc2[nH]c(O)c(N=NC(=O)C(=O)Nc3ccc(C(=O)O)cc3)c2c1. The van der Waals surface area contributed by atoms with Crippen LogP contribution in [-0.2, 0) is 9.59 Å². The van der Waals surface area contributed by atoms with Gasteiger partial charge in [-0.25, -0.2) is 4.79 Å². The molecule has 0 bridgehead atoms.